The Morgan fingerprint density at radius 3 is 2.29 bits per heavy atom. The van der Waals surface area contributed by atoms with Gasteiger partial charge in [-0.1, -0.05) is 55.5 Å². The molecule has 0 amide bonds. The minimum absolute atomic E-state index is 0.00153. The van der Waals surface area contributed by atoms with Crippen LogP contribution < -0.4 is 0 Å². The van der Waals surface area contributed by atoms with Gasteiger partial charge >= 0.3 is 0 Å². The van der Waals surface area contributed by atoms with Crippen LogP contribution >= 0.6 is 0 Å². The van der Waals surface area contributed by atoms with Gasteiger partial charge in [0.15, 0.2) is 5.78 Å². The molecular weight excluding hydrogens is 301 g/mol. The van der Waals surface area contributed by atoms with Crippen molar-refractivity contribution in [1.29, 1.82) is 0 Å². The first kappa shape index (κ1) is 18.1. The van der Waals surface area contributed by atoms with E-state index in [9.17, 15) is 9.18 Å². The van der Waals surface area contributed by atoms with Crippen molar-refractivity contribution in [2.75, 3.05) is 0 Å². The summed E-state index contributed by atoms with van der Waals surface area (Å²) in [5.74, 6) is 0.194. The topological polar surface area (TPSA) is 29.4 Å². The lowest BCUT2D eigenvalue weighted by molar-refractivity contribution is 0.101. The molecule has 2 rings (SSSR count). The molecule has 0 saturated carbocycles. The van der Waals surface area contributed by atoms with Gasteiger partial charge in [-0.15, -0.1) is 0 Å². The van der Waals surface area contributed by atoms with Gasteiger partial charge < -0.3 is 0 Å². The lowest BCUT2D eigenvalue weighted by Gasteiger charge is -2.21. The Morgan fingerprint density at radius 2 is 1.75 bits per heavy atom. The molecule has 0 fully saturated rings. The number of hydrogen-bond acceptors (Lipinski definition) is 2. The molecular formula is C21H24FNO. The Morgan fingerprint density at radius 1 is 1.12 bits per heavy atom. The van der Waals surface area contributed by atoms with Crippen LogP contribution in [-0.4, -0.2) is 18.5 Å². The number of aliphatic imine (C=N–C) groups is 1. The molecule has 0 aliphatic rings. The second-order valence-corrected chi connectivity index (χ2v) is 6.28. The Labute approximate surface area is 143 Å². The van der Waals surface area contributed by atoms with Crippen LogP contribution in [0.15, 0.2) is 53.5 Å². The summed E-state index contributed by atoms with van der Waals surface area (Å²) < 4.78 is 13.5. The predicted octanol–water partition coefficient (Wildman–Crippen LogP) is 5.34. The van der Waals surface area contributed by atoms with Gasteiger partial charge in [-0.2, -0.15) is 0 Å². The number of rotatable bonds is 7. The summed E-state index contributed by atoms with van der Waals surface area (Å²) in [7, 11) is 0. The average molecular weight is 325 g/mol. The van der Waals surface area contributed by atoms with Crippen LogP contribution in [0.2, 0.25) is 0 Å². The third kappa shape index (κ3) is 4.38. The van der Waals surface area contributed by atoms with Gasteiger partial charge in [-0.25, -0.2) is 4.39 Å². The van der Waals surface area contributed by atoms with E-state index in [4.69, 9.17) is 0 Å². The highest BCUT2D eigenvalue weighted by atomic mass is 19.1. The van der Waals surface area contributed by atoms with Crippen molar-refractivity contribution in [2.45, 2.75) is 45.3 Å². The van der Waals surface area contributed by atoms with E-state index >= 15 is 0 Å². The molecule has 24 heavy (non-hydrogen) atoms. The van der Waals surface area contributed by atoms with Crippen LogP contribution in [0.4, 0.5) is 4.39 Å². The van der Waals surface area contributed by atoms with Gasteiger partial charge in [-0.05, 0) is 43.7 Å². The fourth-order valence-corrected chi connectivity index (χ4v) is 2.83. The Kier molecular flexibility index (Phi) is 6.02. The van der Waals surface area contributed by atoms with E-state index in [1.807, 2.05) is 42.5 Å². The van der Waals surface area contributed by atoms with Crippen LogP contribution in [0.5, 0.6) is 0 Å². The second-order valence-electron chi connectivity index (χ2n) is 6.28. The first-order valence-electron chi connectivity index (χ1n) is 8.22. The van der Waals surface area contributed by atoms with Gasteiger partial charge in [0.05, 0.1) is 6.04 Å². The lowest BCUT2D eigenvalue weighted by atomic mass is 9.88. The summed E-state index contributed by atoms with van der Waals surface area (Å²) in [6.07, 6.45) is -0.246. The van der Waals surface area contributed by atoms with Gasteiger partial charge in [0.2, 0.25) is 0 Å². The first-order valence-corrected chi connectivity index (χ1v) is 8.22. The van der Waals surface area contributed by atoms with Crippen molar-refractivity contribution in [3.05, 3.63) is 70.8 Å². The quantitative estimate of drug-likeness (QED) is 0.499. The lowest BCUT2D eigenvalue weighted by Crippen LogP contribution is -2.17. The molecule has 3 heteroatoms. The van der Waals surface area contributed by atoms with Crippen LogP contribution in [0.25, 0.3) is 0 Å². The average Bonchev–Trinajstić information content (AvgIpc) is 2.59. The predicted molar refractivity (Wildman–Crippen MR) is 97.9 cm³/mol. The van der Waals surface area contributed by atoms with Crippen molar-refractivity contribution in [1.82, 2.24) is 0 Å². The molecule has 0 aliphatic heterocycles. The zero-order chi connectivity index (χ0) is 17.7. The summed E-state index contributed by atoms with van der Waals surface area (Å²) in [5, 5.41) is 0. The first-order chi connectivity index (χ1) is 11.4. The third-order valence-electron chi connectivity index (χ3n) is 4.51. The SMILES string of the molecule is C=NC(Cc1ccc(C(C)=O)cc1)C(C)c1cccc(C(C)F)c1. The summed E-state index contributed by atoms with van der Waals surface area (Å²) in [4.78, 5) is 15.6. The van der Waals surface area contributed by atoms with E-state index in [0.29, 0.717) is 11.1 Å². The van der Waals surface area contributed by atoms with Gasteiger partial charge in [0, 0.05) is 11.5 Å². The molecule has 0 saturated heterocycles. The fraction of sp³-hybridized carbons (Fsp3) is 0.333. The van der Waals surface area contributed by atoms with Crippen molar-refractivity contribution in [2.24, 2.45) is 4.99 Å². The Hall–Kier alpha value is -2.29. The second kappa shape index (κ2) is 8.00. The maximum absolute atomic E-state index is 13.5. The maximum Gasteiger partial charge on any atom is 0.159 e. The number of alkyl halides is 1. The van der Waals surface area contributed by atoms with E-state index in [-0.39, 0.29) is 17.7 Å². The number of carbonyl (C=O) groups excluding carboxylic acids is 1. The smallest absolute Gasteiger partial charge is 0.159 e. The number of benzene rings is 2. The number of Topliss-reactive ketones (excluding diaryl/α,β-unsaturated/α-hetero) is 1. The largest absolute Gasteiger partial charge is 0.297 e. The fourth-order valence-electron chi connectivity index (χ4n) is 2.83. The monoisotopic (exact) mass is 325 g/mol. The summed E-state index contributed by atoms with van der Waals surface area (Å²) in [5.41, 5.74) is 3.57. The van der Waals surface area contributed by atoms with Crippen LogP contribution in [0, 0.1) is 0 Å². The van der Waals surface area contributed by atoms with E-state index in [1.165, 1.54) is 0 Å². The van der Waals surface area contributed by atoms with Gasteiger partial charge in [-0.3, -0.25) is 9.79 Å². The van der Waals surface area contributed by atoms with E-state index < -0.39 is 6.17 Å². The zero-order valence-corrected chi connectivity index (χ0v) is 14.5. The maximum atomic E-state index is 13.5. The number of nitrogens with zero attached hydrogens (tertiary/aromatic N) is 1. The minimum Gasteiger partial charge on any atom is -0.297 e. The molecule has 0 aromatic heterocycles. The highest BCUT2D eigenvalue weighted by Gasteiger charge is 2.19. The molecule has 126 valence electrons. The molecule has 0 spiro atoms. The summed E-state index contributed by atoms with van der Waals surface area (Å²) in [6, 6.07) is 15.2. The molecule has 3 unspecified atom stereocenters. The molecule has 0 N–H and O–H groups in total. The number of carbonyl (C=O) groups is 1. The Balaban J connectivity index is 2.16. The highest BCUT2D eigenvalue weighted by molar-refractivity contribution is 5.94. The van der Waals surface area contributed by atoms with Crippen LogP contribution in [-0.2, 0) is 6.42 Å². The molecule has 0 aliphatic carbocycles. The molecule has 2 nitrogen and oxygen atoms in total. The summed E-state index contributed by atoms with van der Waals surface area (Å²) in [6.45, 7) is 8.92. The standard InChI is InChI=1S/C21H24FNO/c1-14(19-6-5-7-20(13-19)15(2)22)21(23-4)12-17-8-10-18(11-9-17)16(3)24/h5-11,13-15,21H,4,12H2,1-3H3. The molecule has 0 radical (unpaired) electrons. The normalized spacial score (nSPS) is 14.7. The highest BCUT2D eigenvalue weighted by Crippen LogP contribution is 2.27. The zero-order valence-electron chi connectivity index (χ0n) is 14.5. The summed E-state index contributed by atoms with van der Waals surface area (Å²) >= 11 is 0. The molecule has 0 heterocycles. The van der Waals surface area contributed by atoms with Gasteiger partial charge in [0.25, 0.3) is 0 Å². The van der Waals surface area contributed by atoms with Crippen LogP contribution in [0.1, 0.15) is 59.9 Å². The number of hydrogen-bond donors (Lipinski definition) is 0. The van der Waals surface area contributed by atoms with Crippen LogP contribution in [0.3, 0.4) is 0 Å². The van der Waals surface area contributed by atoms with E-state index in [2.05, 4.69) is 18.6 Å². The minimum atomic E-state index is -0.980. The van der Waals surface area contributed by atoms with Crippen molar-refractivity contribution < 1.29 is 9.18 Å². The van der Waals surface area contributed by atoms with Crippen molar-refractivity contribution >= 4 is 12.5 Å². The van der Waals surface area contributed by atoms with Crippen molar-refractivity contribution in [3.8, 4) is 0 Å². The van der Waals surface area contributed by atoms with Crippen molar-refractivity contribution in [3.63, 3.8) is 0 Å². The van der Waals surface area contributed by atoms with Gasteiger partial charge in [0.1, 0.15) is 6.17 Å². The Bertz CT molecular complexity index is 706. The van der Waals surface area contributed by atoms with E-state index in [1.54, 1.807) is 19.9 Å². The third-order valence-corrected chi connectivity index (χ3v) is 4.51. The number of ketones is 1. The molecule has 0 bridgehead atoms. The molecule has 2 aromatic carbocycles. The molecule has 2 aromatic rings. The number of halogens is 1. The van der Waals surface area contributed by atoms with E-state index in [0.717, 1.165) is 17.5 Å². The molecule has 3 atom stereocenters.